The number of non-ortho nitro benzene ring substituents is 1. The summed E-state index contributed by atoms with van der Waals surface area (Å²) < 4.78 is 21.0. The Labute approximate surface area is 159 Å². The van der Waals surface area contributed by atoms with E-state index in [-0.39, 0.29) is 22.7 Å². The number of anilines is 1. The molecule has 28 heavy (non-hydrogen) atoms. The molecule has 3 rings (SSSR count). The maximum atomic E-state index is 14.2. The van der Waals surface area contributed by atoms with E-state index in [1.165, 1.54) is 28.7 Å². The third-order valence-electron chi connectivity index (χ3n) is 3.79. The molecule has 0 saturated heterocycles. The van der Waals surface area contributed by atoms with Gasteiger partial charge in [0.2, 0.25) is 5.78 Å². The van der Waals surface area contributed by atoms with Crippen LogP contribution in [0.1, 0.15) is 20.8 Å². The Morgan fingerprint density at radius 2 is 2.04 bits per heavy atom. The van der Waals surface area contributed by atoms with Gasteiger partial charge in [0, 0.05) is 37.1 Å². The number of ether oxygens (including phenoxy) is 1. The van der Waals surface area contributed by atoms with Crippen molar-refractivity contribution in [3.8, 4) is 11.3 Å². The molecule has 0 spiro atoms. The summed E-state index contributed by atoms with van der Waals surface area (Å²) in [6.45, 7) is 5.28. The van der Waals surface area contributed by atoms with Crippen molar-refractivity contribution in [3.05, 3.63) is 52.7 Å². The van der Waals surface area contributed by atoms with Crippen molar-refractivity contribution in [2.75, 3.05) is 11.9 Å². The van der Waals surface area contributed by atoms with E-state index in [1.807, 2.05) is 0 Å². The molecule has 0 fully saturated rings. The normalized spacial score (nSPS) is 11.5. The van der Waals surface area contributed by atoms with Crippen LogP contribution < -0.4 is 4.90 Å². The third kappa shape index (κ3) is 3.90. The zero-order chi connectivity index (χ0) is 20.6. The van der Waals surface area contributed by atoms with Crippen LogP contribution in [0.2, 0.25) is 0 Å². The Morgan fingerprint density at radius 1 is 1.32 bits per heavy atom. The largest absolute Gasteiger partial charge is 0.443 e. The van der Waals surface area contributed by atoms with Gasteiger partial charge in [-0.1, -0.05) is 0 Å². The van der Waals surface area contributed by atoms with Gasteiger partial charge in [0.15, 0.2) is 0 Å². The van der Waals surface area contributed by atoms with E-state index in [4.69, 9.17) is 4.74 Å². The van der Waals surface area contributed by atoms with Gasteiger partial charge in [-0.3, -0.25) is 19.4 Å². The number of aromatic nitrogens is 3. The lowest BCUT2D eigenvalue weighted by molar-refractivity contribution is -0.384. The van der Waals surface area contributed by atoms with Crippen molar-refractivity contribution in [3.63, 3.8) is 0 Å². The van der Waals surface area contributed by atoms with E-state index in [0.29, 0.717) is 5.69 Å². The van der Waals surface area contributed by atoms with Crippen LogP contribution in [0.25, 0.3) is 17.0 Å². The molecule has 0 saturated carbocycles. The van der Waals surface area contributed by atoms with Gasteiger partial charge in [0.05, 0.1) is 22.5 Å². The minimum Gasteiger partial charge on any atom is -0.443 e. The van der Waals surface area contributed by atoms with Crippen LogP contribution in [0.15, 0.2) is 36.8 Å². The lowest BCUT2D eigenvalue weighted by Gasteiger charge is -2.24. The number of nitro groups is 1. The number of amides is 1. The first kappa shape index (κ1) is 19.2. The predicted octanol–water partition coefficient (Wildman–Crippen LogP) is 3.81. The van der Waals surface area contributed by atoms with Gasteiger partial charge < -0.3 is 4.74 Å². The molecule has 0 N–H and O–H groups in total. The highest BCUT2D eigenvalue weighted by Gasteiger charge is 2.21. The summed E-state index contributed by atoms with van der Waals surface area (Å²) in [6, 6.07) is 3.22. The van der Waals surface area contributed by atoms with Crippen LogP contribution >= 0.6 is 0 Å². The highest BCUT2D eigenvalue weighted by molar-refractivity contribution is 5.87. The Balaban J connectivity index is 1.97. The average Bonchev–Trinajstić information content (AvgIpc) is 3.02. The Bertz CT molecular complexity index is 1070. The average molecular weight is 387 g/mol. The van der Waals surface area contributed by atoms with E-state index in [9.17, 15) is 19.3 Å². The second-order valence-electron chi connectivity index (χ2n) is 7.11. The minimum atomic E-state index is -0.648. The number of hydrogen-bond donors (Lipinski definition) is 0. The number of carbonyl (C=O) groups excluding carboxylic acids is 1. The van der Waals surface area contributed by atoms with Crippen LogP contribution in [-0.4, -0.2) is 38.0 Å². The molecule has 146 valence electrons. The summed E-state index contributed by atoms with van der Waals surface area (Å²) in [5, 5.41) is 10.9. The fraction of sp³-hybridized carbons (Fsp3) is 0.278. The first-order chi connectivity index (χ1) is 13.0. The molecule has 0 bridgehead atoms. The van der Waals surface area contributed by atoms with Crippen LogP contribution in [0, 0.1) is 15.9 Å². The van der Waals surface area contributed by atoms with Crippen molar-refractivity contribution in [2.45, 2.75) is 26.4 Å². The second kappa shape index (κ2) is 6.87. The number of halogens is 1. The molecule has 0 unspecified atom stereocenters. The molecular formula is C18H18FN5O4. The maximum Gasteiger partial charge on any atom is 0.414 e. The summed E-state index contributed by atoms with van der Waals surface area (Å²) in [5.74, 6) is -0.387. The quantitative estimate of drug-likeness (QED) is 0.500. The third-order valence-corrected chi connectivity index (χ3v) is 3.79. The Morgan fingerprint density at radius 3 is 2.68 bits per heavy atom. The van der Waals surface area contributed by atoms with Crippen molar-refractivity contribution in [1.82, 2.24) is 14.4 Å². The second-order valence-corrected chi connectivity index (χ2v) is 7.11. The van der Waals surface area contributed by atoms with E-state index in [2.05, 4.69) is 9.97 Å². The van der Waals surface area contributed by atoms with Gasteiger partial charge in [-0.25, -0.2) is 19.2 Å². The number of benzene rings is 1. The Kier molecular flexibility index (Phi) is 4.72. The highest BCUT2D eigenvalue weighted by Crippen LogP contribution is 2.27. The fourth-order valence-corrected chi connectivity index (χ4v) is 2.44. The van der Waals surface area contributed by atoms with Crippen LogP contribution in [0.5, 0.6) is 0 Å². The molecule has 9 nitrogen and oxygen atoms in total. The molecule has 0 aliphatic rings. The van der Waals surface area contributed by atoms with Gasteiger partial charge in [-0.2, -0.15) is 0 Å². The molecule has 0 aliphatic heterocycles. The molecule has 0 radical (unpaired) electrons. The predicted molar refractivity (Wildman–Crippen MR) is 99.7 cm³/mol. The SMILES string of the molecule is CN(C(=O)OC(C)(C)C)c1cnc2nc(-c3cc([N+](=O)[O-])ccc3F)cn2c1. The Hall–Kier alpha value is -3.56. The summed E-state index contributed by atoms with van der Waals surface area (Å²) in [6.07, 6.45) is 3.94. The number of hydrogen-bond acceptors (Lipinski definition) is 6. The van der Waals surface area contributed by atoms with Gasteiger partial charge >= 0.3 is 6.09 Å². The van der Waals surface area contributed by atoms with E-state index in [0.717, 1.165) is 18.2 Å². The molecular weight excluding hydrogens is 369 g/mol. The first-order valence-electron chi connectivity index (χ1n) is 8.31. The molecule has 10 heteroatoms. The van der Waals surface area contributed by atoms with E-state index < -0.39 is 22.4 Å². The molecule has 1 amide bonds. The monoisotopic (exact) mass is 387 g/mol. The number of nitro benzene ring substituents is 1. The molecule has 0 atom stereocenters. The minimum absolute atomic E-state index is 0.0123. The molecule has 3 aromatic rings. The van der Waals surface area contributed by atoms with Crippen LogP contribution in [0.4, 0.5) is 20.6 Å². The zero-order valence-corrected chi connectivity index (χ0v) is 15.7. The molecule has 2 aromatic heterocycles. The molecule has 1 aromatic carbocycles. The topological polar surface area (TPSA) is 103 Å². The number of nitrogens with zero attached hydrogens (tertiary/aromatic N) is 5. The van der Waals surface area contributed by atoms with Gasteiger partial charge in [0.25, 0.3) is 5.69 Å². The summed E-state index contributed by atoms with van der Waals surface area (Å²) in [4.78, 5) is 32.2. The fourth-order valence-electron chi connectivity index (χ4n) is 2.44. The molecule has 2 heterocycles. The zero-order valence-electron chi connectivity index (χ0n) is 15.7. The van der Waals surface area contributed by atoms with Gasteiger partial charge in [0.1, 0.15) is 11.4 Å². The number of fused-ring (bicyclic) bond motifs is 1. The van der Waals surface area contributed by atoms with E-state index in [1.54, 1.807) is 27.0 Å². The van der Waals surface area contributed by atoms with Gasteiger partial charge in [-0.15, -0.1) is 0 Å². The maximum absolute atomic E-state index is 14.2. The summed E-state index contributed by atoms with van der Waals surface area (Å²) in [5.41, 5.74) is -0.283. The van der Waals surface area contributed by atoms with Crippen molar-refractivity contribution in [2.24, 2.45) is 0 Å². The first-order valence-corrected chi connectivity index (χ1v) is 8.31. The smallest absolute Gasteiger partial charge is 0.414 e. The number of rotatable bonds is 3. The number of carbonyl (C=O) groups is 1. The van der Waals surface area contributed by atoms with E-state index >= 15 is 0 Å². The lowest BCUT2D eigenvalue weighted by atomic mass is 10.1. The highest BCUT2D eigenvalue weighted by atomic mass is 19.1. The van der Waals surface area contributed by atoms with Crippen LogP contribution in [-0.2, 0) is 4.74 Å². The van der Waals surface area contributed by atoms with Gasteiger partial charge in [-0.05, 0) is 26.8 Å². The van der Waals surface area contributed by atoms with Crippen molar-refractivity contribution in [1.29, 1.82) is 0 Å². The van der Waals surface area contributed by atoms with Crippen molar-refractivity contribution >= 4 is 23.2 Å². The van der Waals surface area contributed by atoms with Crippen LogP contribution in [0.3, 0.4) is 0 Å². The lowest BCUT2D eigenvalue weighted by Crippen LogP contribution is -2.34. The summed E-state index contributed by atoms with van der Waals surface area (Å²) in [7, 11) is 1.54. The number of imidazole rings is 1. The molecule has 0 aliphatic carbocycles. The standard InChI is InChI=1S/C18H18FN5O4/c1-18(2,3)28-17(25)22(4)12-8-20-16-21-15(10-23(16)9-12)13-7-11(24(26)27)5-6-14(13)19/h5-10H,1-4H3. The van der Waals surface area contributed by atoms with Crippen molar-refractivity contribution < 1.29 is 18.8 Å². The summed E-state index contributed by atoms with van der Waals surface area (Å²) >= 11 is 0.